The molecule has 0 bridgehead atoms. The van der Waals surface area contributed by atoms with Crippen LogP contribution in [0.5, 0.6) is 0 Å². The Hall–Kier alpha value is -8.94. The molecule has 382 valence electrons. The van der Waals surface area contributed by atoms with E-state index in [1.54, 1.807) is 0 Å². The molecule has 0 aliphatic heterocycles. The van der Waals surface area contributed by atoms with Crippen molar-refractivity contribution in [2.24, 2.45) is 0 Å². The zero-order valence-corrected chi connectivity index (χ0v) is 47.0. The number of thiophene rings is 2. The highest BCUT2D eigenvalue weighted by Gasteiger charge is 2.32. The zero-order valence-electron chi connectivity index (χ0n) is 45.4. The second-order valence-electron chi connectivity index (χ2n) is 24.0. The summed E-state index contributed by atoms with van der Waals surface area (Å²) >= 11 is 3.78. The van der Waals surface area contributed by atoms with Gasteiger partial charge in [-0.1, -0.05) is 187 Å². The summed E-state index contributed by atoms with van der Waals surface area (Å²) in [6.07, 6.45) is 0. The van der Waals surface area contributed by atoms with Gasteiger partial charge < -0.3 is 18.6 Å². The van der Waals surface area contributed by atoms with Crippen LogP contribution in [0.4, 0.5) is 34.1 Å². The molecule has 0 radical (unpaired) electrons. The van der Waals surface area contributed by atoms with Gasteiger partial charge in [-0.25, -0.2) is 0 Å². The third-order valence-corrected chi connectivity index (χ3v) is 19.8. The Morgan fingerprint density at radius 1 is 0.300 bits per heavy atom. The van der Waals surface area contributed by atoms with Gasteiger partial charge in [0.15, 0.2) is 0 Å². The fraction of sp³-hybridized carbons (Fsp3) is 0.108. The van der Waals surface area contributed by atoms with E-state index >= 15 is 0 Å². The van der Waals surface area contributed by atoms with Gasteiger partial charge in [-0.2, -0.15) is 0 Å². The average molecular weight is 1060 g/mol. The lowest BCUT2D eigenvalue weighted by atomic mass is 9.85. The molecule has 0 N–H and O–H groups in total. The van der Waals surface area contributed by atoms with Gasteiger partial charge in [0.2, 0.25) is 0 Å². The molecule has 80 heavy (non-hydrogen) atoms. The molecule has 6 heteroatoms. The first-order valence-electron chi connectivity index (χ1n) is 27.9. The van der Waals surface area contributed by atoms with Crippen LogP contribution in [-0.4, -0.2) is 8.80 Å². The molecule has 0 saturated heterocycles. The molecule has 0 saturated carbocycles. The molecule has 0 aliphatic rings. The molecule has 0 fully saturated rings. The van der Waals surface area contributed by atoms with Crippen molar-refractivity contribution in [3.05, 3.63) is 230 Å². The molecule has 0 aliphatic carbocycles. The average Bonchev–Trinajstić information content (AvgIpc) is 3.43. The number of aromatic nitrogens is 2. The van der Waals surface area contributed by atoms with Gasteiger partial charge in [0.1, 0.15) is 0 Å². The Morgan fingerprint density at radius 3 is 1.10 bits per heavy atom. The molecule has 0 unspecified atom stereocenters. The lowest BCUT2D eigenvalue weighted by molar-refractivity contribution is 0.594. The maximum atomic E-state index is 2.66. The third-order valence-electron chi connectivity index (χ3n) is 17.4. The van der Waals surface area contributed by atoms with Crippen molar-refractivity contribution in [3.8, 4) is 0 Å². The monoisotopic (exact) mass is 1060 g/mol. The summed E-state index contributed by atoms with van der Waals surface area (Å²) in [7, 11) is 0. The van der Waals surface area contributed by atoms with E-state index in [0.717, 1.165) is 11.4 Å². The number of para-hydroxylation sites is 4. The first kappa shape index (κ1) is 46.0. The van der Waals surface area contributed by atoms with Crippen molar-refractivity contribution in [2.75, 3.05) is 9.80 Å². The van der Waals surface area contributed by atoms with E-state index in [-0.39, 0.29) is 10.8 Å². The summed E-state index contributed by atoms with van der Waals surface area (Å²) in [6.45, 7) is 14.2. The van der Waals surface area contributed by atoms with Crippen LogP contribution in [0.25, 0.3) is 117 Å². The van der Waals surface area contributed by atoms with Crippen LogP contribution in [0.2, 0.25) is 0 Å². The molecule has 0 spiro atoms. The highest BCUT2D eigenvalue weighted by atomic mass is 32.1. The molecule has 0 atom stereocenters. The van der Waals surface area contributed by atoms with Crippen LogP contribution in [0, 0.1) is 0 Å². The molecule has 4 nitrogen and oxygen atoms in total. The lowest BCUT2D eigenvalue weighted by Crippen LogP contribution is -2.12. The normalized spacial score (nSPS) is 12.9. The Balaban J connectivity index is 1.00. The van der Waals surface area contributed by atoms with Gasteiger partial charge in [-0.05, 0) is 94.8 Å². The quantitative estimate of drug-likeness (QED) is 0.165. The minimum atomic E-state index is -0.137. The Labute approximate surface area is 470 Å². The maximum absolute atomic E-state index is 2.66. The number of hydrogen-bond donors (Lipinski definition) is 0. The van der Waals surface area contributed by atoms with Crippen molar-refractivity contribution >= 4 is 173 Å². The van der Waals surface area contributed by atoms with Crippen molar-refractivity contribution in [1.82, 2.24) is 8.80 Å². The predicted molar refractivity (Wildman–Crippen MR) is 348 cm³/mol. The molecule has 6 aromatic heterocycles. The van der Waals surface area contributed by atoms with Gasteiger partial charge in [0.25, 0.3) is 0 Å². The Morgan fingerprint density at radius 2 is 0.675 bits per heavy atom. The summed E-state index contributed by atoms with van der Waals surface area (Å²) in [4.78, 5) is 5.08. The van der Waals surface area contributed by atoms with Crippen molar-refractivity contribution in [1.29, 1.82) is 0 Å². The standard InChI is InChI=1S/C74H54N4S2/c1-73(2,3)55-31-17-29-51-65-57(75(43-21-9-7-10-22-43)59-33-19-27-49-45-25-13-15-35-63(45)79-71(49)59)39-37-47-53-42-62-54(41-61(53)77(67(51)55)69(47)65)48-38-40-58(66-52-30-18-32-56(74(4,5)6)68(52)78(62)70(48)66)76(44-23-11-8-12-24-44)60-34-20-28-50-46-26-14-16-36-64(46)80-72(50)60/h7-42H,1-6H3. The molecule has 0 amide bonds. The molecule has 6 heterocycles. The smallest absolute Gasteiger partial charge is 0.0641 e. The molecular weight excluding hydrogens is 1010 g/mol. The van der Waals surface area contributed by atoms with Crippen molar-refractivity contribution in [3.63, 3.8) is 0 Å². The van der Waals surface area contributed by atoms with Gasteiger partial charge in [0, 0.05) is 85.4 Å². The molecule has 11 aromatic carbocycles. The van der Waals surface area contributed by atoms with Crippen LogP contribution in [0.1, 0.15) is 52.7 Å². The Bertz CT molecular complexity index is 5050. The van der Waals surface area contributed by atoms with E-state index < -0.39 is 0 Å². The first-order chi connectivity index (χ1) is 39.0. The van der Waals surface area contributed by atoms with Crippen LogP contribution in [-0.2, 0) is 10.8 Å². The second kappa shape index (κ2) is 16.3. The lowest BCUT2D eigenvalue weighted by Gasteiger charge is -2.27. The van der Waals surface area contributed by atoms with Crippen LogP contribution < -0.4 is 9.80 Å². The fourth-order valence-electron chi connectivity index (χ4n) is 14.0. The van der Waals surface area contributed by atoms with Crippen molar-refractivity contribution < 1.29 is 0 Å². The minimum absolute atomic E-state index is 0.137. The number of rotatable bonds is 6. The summed E-state index contributed by atoms with van der Waals surface area (Å²) in [5, 5.41) is 15.3. The maximum Gasteiger partial charge on any atom is 0.0641 e. The minimum Gasteiger partial charge on any atom is -0.308 e. The zero-order chi connectivity index (χ0) is 53.5. The van der Waals surface area contributed by atoms with Gasteiger partial charge in [-0.15, -0.1) is 22.7 Å². The van der Waals surface area contributed by atoms with Gasteiger partial charge >= 0.3 is 0 Å². The number of fused-ring (bicyclic) bond motifs is 18. The fourth-order valence-corrected chi connectivity index (χ4v) is 16.4. The SMILES string of the molecule is CC(C)(C)c1cccc2c3c(N(c4ccccc4)c4cccc5c4sc4ccccc45)ccc4c5cc6c(cc5n(c12)c43)c1ccc(N(c2ccccc2)c2cccc3c2sc2ccccc23)c2c3cccc(C(C)(C)C)c3n6c12. The summed E-state index contributed by atoms with van der Waals surface area (Å²) in [5.41, 5.74) is 16.9. The molecular formula is C74H54N4S2. The van der Waals surface area contributed by atoms with Crippen molar-refractivity contribution in [2.45, 2.75) is 52.4 Å². The van der Waals surface area contributed by atoms with Crippen LogP contribution in [0.15, 0.2) is 218 Å². The Kier molecular flexibility index (Phi) is 9.39. The number of benzene rings is 11. The second-order valence-corrected chi connectivity index (χ2v) is 26.1. The molecule has 17 rings (SSSR count). The highest BCUT2D eigenvalue weighted by molar-refractivity contribution is 7.26. The van der Waals surface area contributed by atoms with E-state index in [9.17, 15) is 0 Å². The number of anilines is 6. The summed E-state index contributed by atoms with van der Waals surface area (Å²) < 4.78 is 10.5. The van der Waals surface area contributed by atoms with Crippen LogP contribution in [0.3, 0.4) is 0 Å². The largest absolute Gasteiger partial charge is 0.308 e. The number of hydrogen-bond acceptors (Lipinski definition) is 4. The predicted octanol–water partition coefficient (Wildman–Crippen LogP) is 22.3. The summed E-state index contributed by atoms with van der Waals surface area (Å²) in [6, 6.07) is 82.3. The topological polar surface area (TPSA) is 15.3 Å². The van der Waals surface area contributed by atoms with E-state index in [1.807, 2.05) is 22.7 Å². The van der Waals surface area contributed by atoms with E-state index in [0.29, 0.717) is 0 Å². The van der Waals surface area contributed by atoms with Crippen LogP contribution >= 0.6 is 22.7 Å². The first-order valence-corrected chi connectivity index (χ1v) is 29.6. The highest BCUT2D eigenvalue weighted by Crippen LogP contribution is 2.55. The van der Waals surface area contributed by atoms with Gasteiger partial charge in [-0.3, -0.25) is 0 Å². The third kappa shape index (κ3) is 6.20. The van der Waals surface area contributed by atoms with E-state index in [1.165, 1.54) is 150 Å². The molecule has 17 aromatic rings. The summed E-state index contributed by atoms with van der Waals surface area (Å²) in [5.74, 6) is 0. The number of nitrogens with zero attached hydrogens (tertiary/aromatic N) is 4. The van der Waals surface area contributed by atoms with E-state index in [2.05, 4.69) is 279 Å². The van der Waals surface area contributed by atoms with E-state index in [4.69, 9.17) is 0 Å². The van der Waals surface area contributed by atoms with Gasteiger partial charge in [0.05, 0.1) is 65.2 Å².